The Morgan fingerprint density at radius 1 is 0.278 bits per heavy atom. The molecule has 0 saturated heterocycles. The minimum absolute atomic E-state index is 0.104. The molecule has 0 fully saturated rings. The second kappa shape index (κ2) is 60.7. The summed E-state index contributed by atoms with van der Waals surface area (Å²) in [5.41, 5.74) is 0. The number of carbonyl (C=O) groups is 4. The molecule has 5 atom stereocenters. The molecule has 0 aromatic rings. The Kier molecular flexibility index (Phi) is 59.4. The Hall–Kier alpha value is -1.94. The van der Waals surface area contributed by atoms with Crippen LogP contribution < -0.4 is 0 Å². The van der Waals surface area contributed by atoms with Crippen LogP contribution >= 0.6 is 15.6 Å². The normalized spacial score (nSPS) is 14.3. The lowest BCUT2D eigenvalue weighted by Gasteiger charge is -2.21. The number of unbranched alkanes of at least 4 members (excludes halogenated alkanes) is 34. The van der Waals surface area contributed by atoms with Crippen molar-refractivity contribution in [2.45, 2.75) is 369 Å². The maximum absolute atomic E-state index is 13.0. The van der Waals surface area contributed by atoms with Crippen molar-refractivity contribution < 1.29 is 80.2 Å². The molecule has 0 amide bonds. The zero-order valence-corrected chi connectivity index (χ0v) is 60.6. The van der Waals surface area contributed by atoms with Crippen LogP contribution in [-0.4, -0.2) is 96.7 Å². The summed E-state index contributed by atoms with van der Waals surface area (Å²) >= 11 is 0. The summed E-state index contributed by atoms with van der Waals surface area (Å²) in [6.07, 6.45) is 43.1. The minimum atomic E-state index is -4.95. The zero-order valence-electron chi connectivity index (χ0n) is 58.8. The lowest BCUT2D eigenvalue weighted by atomic mass is 10.0. The molecule has 0 aromatic carbocycles. The molecule has 90 heavy (non-hydrogen) atoms. The summed E-state index contributed by atoms with van der Waals surface area (Å²) in [4.78, 5) is 72.6. The van der Waals surface area contributed by atoms with Crippen LogP contribution in [0, 0.1) is 23.7 Å². The number of phosphoric acid groups is 2. The summed E-state index contributed by atoms with van der Waals surface area (Å²) in [7, 11) is -9.90. The first-order valence-corrected chi connectivity index (χ1v) is 39.7. The zero-order chi connectivity index (χ0) is 66.8. The highest BCUT2D eigenvalue weighted by Crippen LogP contribution is 2.45. The smallest absolute Gasteiger partial charge is 0.462 e. The Balaban J connectivity index is 5.25. The fourth-order valence-corrected chi connectivity index (χ4v) is 12.2. The quantitative estimate of drug-likeness (QED) is 0.0222. The molecule has 0 aliphatic carbocycles. The monoisotopic (exact) mass is 1320 g/mol. The molecule has 0 radical (unpaired) electrons. The Morgan fingerprint density at radius 2 is 0.467 bits per heavy atom. The summed E-state index contributed by atoms with van der Waals surface area (Å²) in [6.45, 7) is 14.1. The topological polar surface area (TPSA) is 237 Å². The maximum Gasteiger partial charge on any atom is 0.472 e. The van der Waals surface area contributed by atoms with Crippen LogP contribution in [0.4, 0.5) is 0 Å². The van der Waals surface area contributed by atoms with Gasteiger partial charge in [0.2, 0.25) is 0 Å². The lowest BCUT2D eigenvalue weighted by Crippen LogP contribution is -2.30. The molecule has 0 bridgehead atoms. The molecular formula is C71H138O17P2. The molecule has 19 heteroatoms. The molecule has 534 valence electrons. The lowest BCUT2D eigenvalue weighted by molar-refractivity contribution is -0.161. The number of aliphatic hydroxyl groups is 1. The van der Waals surface area contributed by atoms with E-state index in [1.54, 1.807) is 0 Å². The number of esters is 4. The fourth-order valence-electron chi connectivity index (χ4n) is 10.7. The maximum atomic E-state index is 13.0. The van der Waals surface area contributed by atoms with Crippen LogP contribution in [0.2, 0.25) is 0 Å². The molecule has 3 N–H and O–H groups in total. The van der Waals surface area contributed by atoms with Crippen molar-refractivity contribution >= 4 is 39.5 Å². The van der Waals surface area contributed by atoms with Crippen molar-refractivity contribution in [1.82, 2.24) is 0 Å². The van der Waals surface area contributed by atoms with Crippen LogP contribution in [0.5, 0.6) is 0 Å². The SMILES string of the molecule is CC(C)CCCCCCCCCCCCCCCC(=O)O[C@H](COC(=O)CCCCCCCCCCC(C)C)COP(=O)(O)OCC(O)COP(=O)(O)OC[C@@H](COC(=O)CCCCCCCCCCC(C)C)OC(=O)CCCCCCCCCCCC(C)C. The minimum Gasteiger partial charge on any atom is -0.462 e. The number of hydrogen-bond acceptors (Lipinski definition) is 15. The molecule has 0 heterocycles. The molecule has 0 spiro atoms. The standard InChI is InChI=1S/C71H138O17P2/c1-61(2)47-39-31-23-15-12-10-9-11-13-17-29-37-45-53-70(75)87-66(57-81-68(73)51-43-35-27-21-19-25-33-41-49-63(5)6)59-85-89(77,78)83-55-65(72)56-84-90(79,80)86-60-67(58-82-69(74)52-44-36-28-22-20-26-34-42-50-64(7)8)88-71(76)54-46-38-30-18-14-16-24-32-40-48-62(3)4/h61-67,72H,9-60H2,1-8H3,(H,77,78)(H,79,80)/t65?,66-,67-/m1/s1. The summed E-state index contributed by atoms with van der Waals surface area (Å²) < 4.78 is 68.3. The van der Waals surface area contributed by atoms with Crippen LogP contribution in [0.15, 0.2) is 0 Å². The molecular weight excluding hydrogens is 1190 g/mol. The molecule has 0 saturated carbocycles. The highest BCUT2D eigenvalue weighted by molar-refractivity contribution is 7.47. The molecule has 0 aromatic heterocycles. The van der Waals surface area contributed by atoms with Gasteiger partial charge in [0, 0.05) is 25.7 Å². The van der Waals surface area contributed by atoms with Crippen LogP contribution in [0.25, 0.3) is 0 Å². The van der Waals surface area contributed by atoms with Crippen molar-refractivity contribution in [2.24, 2.45) is 23.7 Å². The van der Waals surface area contributed by atoms with E-state index in [1.807, 2.05) is 0 Å². The van der Waals surface area contributed by atoms with E-state index in [4.69, 9.17) is 37.0 Å². The third kappa shape index (κ3) is 64.8. The van der Waals surface area contributed by atoms with Gasteiger partial charge in [0.1, 0.15) is 19.3 Å². The van der Waals surface area contributed by atoms with Gasteiger partial charge in [-0.25, -0.2) is 9.13 Å². The van der Waals surface area contributed by atoms with Gasteiger partial charge in [0.05, 0.1) is 26.4 Å². The van der Waals surface area contributed by atoms with E-state index in [-0.39, 0.29) is 25.7 Å². The Labute approximate surface area is 549 Å². The number of hydrogen-bond donors (Lipinski definition) is 3. The first-order valence-electron chi connectivity index (χ1n) is 36.7. The average Bonchev–Trinajstić information content (AvgIpc) is 3.70. The average molecular weight is 1330 g/mol. The fraction of sp³-hybridized carbons (Fsp3) is 0.944. The van der Waals surface area contributed by atoms with Crippen LogP contribution in [0.1, 0.15) is 351 Å². The van der Waals surface area contributed by atoms with Gasteiger partial charge in [-0.05, 0) is 49.4 Å². The van der Waals surface area contributed by atoms with Crippen molar-refractivity contribution in [2.75, 3.05) is 39.6 Å². The summed E-state index contributed by atoms with van der Waals surface area (Å²) in [5, 5.41) is 10.6. The van der Waals surface area contributed by atoms with E-state index < -0.39 is 97.5 Å². The third-order valence-corrected chi connectivity index (χ3v) is 18.2. The number of rotatable bonds is 68. The van der Waals surface area contributed by atoms with Gasteiger partial charge in [-0.1, -0.05) is 299 Å². The number of ether oxygens (including phenoxy) is 4. The number of carbonyl (C=O) groups excluding carboxylic acids is 4. The van der Waals surface area contributed by atoms with Gasteiger partial charge < -0.3 is 33.8 Å². The molecule has 17 nitrogen and oxygen atoms in total. The van der Waals surface area contributed by atoms with Crippen molar-refractivity contribution in [1.29, 1.82) is 0 Å². The number of phosphoric ester groups is 2. The van der Waals surface area contributed by atoms with E-state index in [2.05, 4.69) is 55.4 Å². The van der Waals surface area contributed by atoms with Crippen LogP contribution in [0.3, 0.4) is 0 Å². The molecule has 3 unspecified atom stereocenters. The van der Waals surface area contributed by atoms with Crippen LogP contribution in [-0.2, 0) is 65.4 Å². The summed E-state index contributed by atoms with van der Waals surface area (Å²) in [5.74, 6) is 0.847. The van der Waals surface area contributed by atoms with Gasteiger partial charge in [-0.2, -0.15) is 0 Å². The highest BCUT2D eigenvalue weighted by atomic mass is 31.2. The predicted octanol–water partition coefficient (Wildman–Crippen LogP) is 20.1. The van der Waals surface area contributed by atoms with Gasteiger partial charge in [-0.15, -0.1) is 0 Å². The molecule has 0 aliphatic heterocycles. The predicted molar refractivity (Wildman–Crippen MR) is 363 cm³/mol. The Bertz CT molecular complexity index is 1780. The van der Waals surface area contributed by atoms with Crippen molar-refractivity contribution in [3.05, 3.63) is 0 Å². The second-order valence-electron chi connectivity index (χ2n) is 27.5. The Morgan fingerprint density at radius 3 is 0.689 bits per heavy atom. The van der Waals surface area contributed by atoms with Gasteiger partial charge >= 0.3 is 39.5 Å². The first-order chi connectivity index (χ1) is 43.1. The highest BCUT2D eigenvalue weighted by Gasteiger charge is 2.30. The van der Waals surface area contributed by atoms with E-state index >= 15 is 0 Å². The number of aliphatic hydroxyl groups excluding tert-OH is 1. The van der Waals surface area contributed by atoms with E-state index in [0.29, 0.717) is 25.7 Å². The van der Waals surface area contributed by atoms with E-state index in [9.17, 15) is 43.2 Å². The second-order valence-corrected chi connectivity index (χ2v) is 30.4. The van der Waals surface area contributed by atoms with E-state index in [0.717, 1.165) is 114 Å². The van der Waals surface area contributed by atoms with Gasteiger partial charge in [-0.3, -0.25) is 37.3 Å². The van der Waals surface area contributed by atoms with E-state index in [1.165, 1.54) is 154 Å². The van der Waals surface area contributed by atoms with Gasteiger partial charge in [0.15, 0.2) is 12.2 Å². The first kappa shape index (κ1) is 88.1. The summed E-state index contributed by atoms with van der Waals surface area (Å²) in [6, 6.07) is 0. The largest absolute Gasteiger partial charge is 0.472 e. The molecule has 0 aliphatic rings. The molecule has 0 rings (SSSR count). The van der Waals surface area contributed by atoms with Crippen molar-refractivity contribution in [3.63, 3.8) is 0 Å². The third-order valence-electron chi connectivity index (χ3n) is 16.3. The van der Waals surface area contributed by atoms with Crippen molar-refractivity contribution in [3.8, 4) is 0 Å². The van der Waals surface area contributed by atoms with Gasteiger partial charge in [0.25, 0.3) is 0 Å².